The summed E-state index contributed by atoms with van der Waals surface area (Å²) < 4.78 is 65.0. The van der Waals surface area contributed by atoms with Crippen molar-refractivity contribution >= 4 is 32.5 Å². The van der Waals surface area contributed by atoms with E-state index in [2.05, 4.69) is 39.3 Å². The Balaban J connectivity index is 1.72. The molecule has 1 fully saturated rings. The summed E-state index contributed by atoms with van der Waals surface area (Å²) in [4.78, 5) is 23.1. The molecule has 8 nitrogen and oxygen atoms in total. The number of amides is 1. The number of alkyl halides is 3. The Kier molecular flexibility index (Phi) is 9.05. The third kappa shape index (κ3) is 7.31. The second kappa shape index (κ2) is 11.5. The van der Waals surface area contributed by atoms with Crippen molar-refractivity contribution in [3.63, 3.8) is 0 Å². The summed E-state index contributed by atoms with van der Waals surface area (Å²) in [5.74, 6) is -0.522. The maximum absolute atomic E-state index is 13.2. The predicted molar refractivity (Wildman–Crippen MR) is 138 cm³/mol. The zero-order valence-corrected chi connectivity index (χ0v) is 22.7. The summed E-state index contributed by atoms with van der Waals surface area (Å²) in [6.45, 7) is 7.27. The maximum Gasteiger partial charge on any atom is 0.416 e. The molecule has 1 aromatic heterocycles. The van der Waals surface area contributed by atoms with Crippen LogP contribution in [0.2, 0.25) is 0 Å². The van der Waals surface area contributed by atoms with Crippen molar-refractivity contribution < 1.29 is 26.4 Å². The smallest absolute Gasteiger partial charge is 0.360 e. The van der Waals surface area contributed by atoms with Gasteiger partial charge in [0.05, 0.1) is 28.6 Å². The van der Waals surface area contributed by atoms with Crippen LogP contribution < -0.4 is 10.6 Å². The van der Waals surface area contributed by atoms with Gasteiger partial charge in [-0.15, -0.1) is 0 Å². The maximum atomic E-state index is 13.2. The first-order chi connectivity index (χ1) is 17.2. The molecule has 37 heavy (non-hydrogen) atoms. The van der Waals surface area contributed by atoms with Gasteiger partial charge < -0.3 is 15.5 Å². The monoisotopic (exact) mass is 543 g/mol. The second-order valence-corrected chi connectivity index (χ2v) is 12.9. The van der Waals surface area contributed by atoms with Crippen LogP contribution in [0, 0.1) is 5.92 Å². The largest absolute Gasteiger partial charge is 0.416 e. The molecular formula is C25H36F3N5O3S. The first kappa shape index (κ1) is 29.1. The van der Waals surface area contributed by atoms with Gasteiger partial charge in [-0.1, -0.05) is 0 Å². The highest BCUT2D eigenvalue weighted by Crippen LogP contribution is 2.33. The highest BCUT2D eigenvalue weighted by Gasteiger charge is 2.37. The van der Waals surface area contributed by atoms with E-state index in [1.165, 1.54) is 12.4 Å². The van der Waals surface area contributed by atoms with Gasteiger partial charge in [-0.05, 0) is 78.1 Å². The van der Waals surface area contributed by atoms with Crippen LogP contribution in [0.15, 0.2) is 24.5 Å². The van der Waals surface area contributed by atoms with Gasteiger partial charge in [0.1, 0.15) is 12.1 Å². The Labute approximate surface area is 216 Å². The summed E-state index contributed by atoms with van der Waals surface area (Å²) >= 11 is 0. The lowest BCUT2D eigenvalue weighted by Crippen LogP contribution is -2.52. The number of anilines is 1. The molecule has 3 rings (SSSR count). The number of hydrogen-bond donors (Lipinski definition) is 2. The summed E-state index contributed by atoms with van der Waals surface area (Å²) in [6, 6.07) is 3.37. The van der Waals surface area contributed by atoms with Gasteiger partial charge in [-0.2, -0.15) is 13.2 Å². The molecule has 12 heteroatoms. The van der Waals surface area contributed by atoms with Crippen LogP contribution in [0.3, 0.4) is 0 Å². The topological polar surface area (TPSA) is 104 Å². The molecule has 0 aliphatic heterocycles. The van der Waals surface area contributed by atoms with Gasteiger partial charge in [-0.25, -0.2) is 18.4 Å². The lowest BCUT2D eigenvalue weighted by Gasteiger charge is -2.41. The van der Waals surface area contributed by atoms with E-state index in [0.717, 1.165) is 18.6 Å². The molecule has 1 heterocycles. The number of aromatic nitrogens is 2. The highest BCUT2D eigenvalue weighted by molar-refractivity contribution is 7.91. The van der Waals surface area contributed by atoms with Gasteiger partial charge >= 0.3 is 6.18 Å². The summed E-state index contributed by atoms with van der Waals surface area (Å²) in [5.41, 5.74) is -0.517. The minimum atomic E-state index is -4.52. The number of benzene rings is 1. The average molecular weight is 544 g/mol. The number of nitrogens with one attached hydrogen (secondary N) is 2. The van der Waals surface area contributed by atoms with Crippen molar-refractivity contribution in [1.29, 1.82) is 0 Å². The van der Waals surface area contributed by atoms with E-state index in [-0.39, 0.29) is 47.4 Å². The molecule has 0 radical (unpaired) electrons. The number of sulfone groups is 1. The number of halogens is 3. The van der Waals surface area contributed by atoms with Gasteiger partial charge in [0.2, 0.25) is 5.91 Å². The number of hydrogen-bond acceptors (Lipinski definition) is 7. The van der Waals surface area contributed by atoms with Crippen LogP contribution in [0.4, 0.5) is 19.0 Å². The molecule has 1 saturated carbocycles. The number of carbonyl (C=O) groups is 1. The van der Waals surface area contributed by atoms with Gasteiger partial charge in [0.15, 0.2) is 9.84 Å². The van der Waals surface area contributed by atoms with E-state index in [9.17, 15) is 26.4 Å². The van der Waals surface area contributed by atoms with Crippen LogP contribution in [-0.2, 0) is 20.8 Å². The fourth-order valence-corrected chi connectivity index (χ4v) is 6.04. The summed E-state index contributed by atoms with van der Waals surface area (Å²) in [6.07, 6.45) is -1.20. The van der Waals surface area contributed by atoms with Gasteiger partial charge in [-0.3, -0.25) is 4.79 Å². The Morgan fingerprint density at radius 2 is 1.86 bits per heavy atom. The molecule has 2 aromatic rings. The summed E-state index contributed by atoms with van der Waals surface area (Å²) in [7, 11) is -1.30. The molecule has 0 saturated heterocycles. The Bertz CT molecular complexity index is 1200. The molecule has 2 N–H and O–H groups in total. The molecule has 206 valence electrons. The lowest BCUT2D eigenvalue weighted by molar-refractivity contribution is -0.137. The molecule has 1 aromatic carbocycles. The molecule has 0 bridgehead atoms. The van der Waals surface area contributed by atoms with Crippen LogP contribution in [0.25, 0.3) is 10.9 Å². The molecule has 1 aliphatic carbocycles. The third-order valence-electron chi connectivity index (χ3n) is 7.24. The SMILES string of the molecule is CC(C)N(C)[C@@H]1CC[C@H](NC(=O)CNc2ncnc3ccc(C(F)(F)F)cc23)[C@@H](CS(=O)(=O)C(C)C)C1. The lowest BCUT2D eigenvalue weighted by atomic mass is 9.81. The first-order valence-electron chi connectivity index (χ1n) is 12.5. The van der Waals surface area contributed by atoms with Crippen LogP contribution >= 0.6 is 0 Å². The van der Waals surface area contributed by atoms with E-state index in [1.54, 1.807) is 13.8 Å². The fourth-order valence-electron chi connectivity index (χ4n) is 4.69. The van der Waals surface area contributed by atoms with Crippen LogP contribution in [-0.4, -0.2) is 71.9 Å². The first-order valence-corrected chi connectivity index (χ1v) is 14.2. The van der Waals surface area contributed by atoms with Crippen molar-refractivity contribution in [2.75, 3.05) is 24.7 Å². The predicted octanol–water partition coefficient (Wildman–Crippen LogP) is 3.88. The van der Waals surface area contributed by atoms with Crippen molar-refractivity contribution in [3.8, 4) is 0 Å². The normalized spacial score (nSPS) is 21.1. The molecule has 0 spiro atoms. The van der Waals surface area contributed by atoms with Crippen molar-refractivity contribution in [3.05, 3.63) is 30.1 Å². The number of nitrogens with zero attached hydrogens (tertiary/aromatic N) is 3. The van der Waals surface area contributed by atoms with E-state index >= 15 is 0 Å². The van der Waals surface area contributed by atoms with Crippen molar-refractivity contribution in [2.45, 2.75) is 76.5 Å². The number of carbonyl (C=O) groups excluding carboxylic acids is 1. The Morgan fingerprint density at radius 1 is 1.16 bits per heavy atom. The number of rotatable bonds is 9. The van der Waals surface area contributed by atoms with Crippen molar-refractivity contribution in [1.82, 2.24) is 20.2 Å². The Hall–Kier alpha value is -2.47. The van der Waals surface area contributed by atoms with Crippen LogP contribution in [0.5, 0.6) is 0 Å². The number of fused-ring (bicyclic) bond motifs is 1. The average Bonchev–Trinajstić information content (AvgIpc) is 2.82. The highest BCUT2D eigenvalue weighted by atomic mass is 32.2. The molecular weight excluding hydrogens is 507 g/mol. The molecule has 3 atom stereocenters. The zero-order chi connectivity index (χ0) is 27.5. The van der Waals surface area contributed by atoms with E-state index in [1.807, 2.05) is 7.05 Å². The minimum absolute atomic E-state index is 0.0117. The third-order valence-corrected chi connectivity index (χ3v) is 9.56. The second-order valence-electron chi connectivity index (χ2n) is 10.3. The molecule has 1 amide bonds. The summed E-state index contributed by atoms with van der Waals surface area (Å²) in [5, 5.41) is 5.43. The van der Waals surface area contributed by atoms with Gasteiger partial charge in [0, 0.05) is 23.5 Å². The molecule has 1 aliphatic rings. The van der Waals surface area contributed by atoms with E-state index in [4.69, 9.17) is 0 Å². The van der Waals surface area contributed by atoms with Crippen LogP contribution in [0.1, 0.15) is 52.5 Å². The van der Waals surface area contributed by atoms with Crippen molar-refractivity contribution in [2.24, 2.45) is 5.92 Å². The fraction of sp³-hybridized carbons (Fsp3) is 0.640. The van der Waals surface area contributed by atoms with Gasteiger partial charge in [0.25, 0.3) is 0 Å². The quantitative estimate of drug-likeness (QED) is 0.495. The Morgan fingerprint density at radius 3 is 2.49 bits per heavy atom. The zero-order valence-electron chi connectivity index (χ0n) is 21.8. The minimum Gasteiger partial charge on any atom is -0.360 e. The standard InChI is InChI=1S/C25H36F3N5O3S/c1-15(2)33(5)19-7-9-21(17(10-19)13-37(35,36)16(3)4)32-23(34)12-29-24-20-11-18(25(26,27)28)6-8-22(20)30-14-31-24/h6,8,11,14-17,19,21H,7,9-10,12-13H2,1-5H3,(H,32,34)(H,29,30,31)/t17-,19-,21+/m1/s1. The van der Waals surface area contributed by atoms with E-state index < -0.39 is 26.8 Å². The van der Waals surface area contributed by atoms with E-state index in [0.29, 0.717) is 24.4 Å². The molecule has 0 unspecified atom stereocenters.